The first-order valence-electron chi connectivity index (χ1n) is 8.07. The van der Waals surface area contributed by atoms with Crippen LogP contribution in [0.3, 0.4) is 0 Å². The van der Waals surface area contributed by atoms with Crippen LogP contribution in [-0.2, 0) is 4.79 Å². The molecule has 1 aliphatic rings. The van der Waals surface area contributed by atoms with Gasteiger partial charge in [0.1, 0.15) is 5.39 Å². The first-order chi connectivity index (χ1) is 12.9. The number of nitrogens with one attached hydrogen (secondary N) is 2. The highest BCUT2D eigenvalue weighted by molar-refractivity contribution is 7.99. The maximum atomic E-state index is 12.6. The van der Waals surface area contributed by atoms with Gasteiger partial charge in [0, 0.05) is 24.3 Å². The van der Waals surface area contributed by atoms with Crippen LogP contribution in [0.4, 0.5) is 11.4 Å². The normalized spacial score (nSPS) is 15.7. The van der Waals surface area contributed by atoms with Gasteiger partial charge >= 0.3 is 0 Å². The lowest BCUT2D eigenvalue weighted by atomic mass is 10.1. The molecule has 0 radical (unpaired) electrons. The van der Waals surface area contributed by atoms with Gasteiger partial charge in [-0.25, -0.2) is 4.98 Å². The molecule has 138 valence electrons. The third kappa shape index (κ3) is 3.05. The minimum Gasteiger partial charge on any atom is -0.326 e. The monoisotopic (exact) mass is 386 g/mol. The SMILES string of the molecule is Cc1ccc([N+](=O)[O-])cc1NC(=O)CC1CSc2nc3[nH]ncc3c(=O)n21. The van der Waals surface area contributed by atoms with Crippen LogP contribution in [0, 0.1) is 17.0 Å². The molecule has 0 spiro atoms. The van der Waals surface area contributed by atoms with Gasteiger partial charge in [-0.1, -0.05) is 17.8 Å². The number of benzene rings is 1. The van der Waals surface area contributed by atoms with E-state index in [-0.39, 0.29) is 29.6 Å². The number of anilines is 1. The molecule has 0 bridgehead atoms. The second kappa shape index (κ2) is 6.50. The molecule has 0 saturated carbocycles. The lowest BCUT2D eigenvalue weighted by Crippen LogP contribution is -2.27. The van der Waals surface area contributed by atoms with Crippen molar-refractivity contribution in [3.63, 3.8) is 0 Å². The lowest BCUT2D eigenvalue weighted by Gasteiger charge is -2.14. The number of nitro groups is 1. The van der Waals surface area contributed by atoms with Crippen molar-refractivity contribution in [2.24, 2.45) is 0 Å². The van der Waals surface area contributed by atoms with E-state index in [1.54, 1.807) is 13.0 Å². The van der Waals surface area contributed by atoms with E-state index in [1.165, 1.54) is 34.7 Å². The maximum absolute atomic E-state index is 12.6. The number of amides is 1. The van der Waals surface area contributed by atoms with Crippen molar-refractivity contribution in [1.82, 2.24) is 19.7 Å². The fourth-order valence-corrected chi connectivity index (χ4v) is 4.12. The standard InChI is InChI=1S/C16H14N6O4S/c1-8-2-3-9(22(25)26)4-12(8)18-13(23)5-10-7-27-16-19-14-11(6-17-20-14)15(24)21(10)16/h2-4,6,10H,5,7H2,1H3,(H,17,20)(H,18,23). The molecule has 1 aliphatic heterocycles. The average molecular weight is 386 g/mol. The second-order valence-electron chi connectivity index (χ2n) is 6.18. The Bertz CT molecular complexity index is 1140. The number of hydrogen-bond donors (Lipinski definition) is 2. The van der Waals surface area contributed by atoms with Crippen LogP contribution >= 0.6 is 11.8 Å². The molecule has 10 nitrogen and oxygen atoms in total. The van der Waals surface area contributed by atoms with Crippen molar-refractivity contribution < 1.29 is 9.72 Å². The number of fused-ring (bicyclic) bond motifs is 2. The van der Waals surface area contributed by atoms with E-state index >= 15 is 0 Å². The fourth-order valence-electron chi connectivity index (χ4n) is 2.98. The largest absolute Gasteiger partial charge is 0.326 e. The smallest absolute Gasteiger partial charge is 0.271 e. The van der Waals surface area contributed by atoms with Gasteiger partial charge in [0.2, 0.25) is 5.91 Å². The van der Waals surface area contributed by atoms with Crippen molar-refractivity contribution in [2.75, 3.05) is 11.1 Å². The molecule has 4 rings (SSSR count). The summed E-state index contributed by atoms with van der Waals surface area (Å²) in [6.45, 7) is 1.75. The second-order valence-corrected chi connectivity index (χ2v) is 7.16. The molecule has 0 saturated heterocycles. The molecule has 1 unspecified atom stereocenters. The van der Waals surface area contributed by atoms with Gasteiger partial charge < -0.3 is 5.32 Å². The van der Waals surface area contributed by atoms with E-state index in [2.05, 4.69) is 20.5 Å². The molecule has 0 fully saturated rings. The zero-order valence-corrected chi connectivity index (χ0v) is 14.9. The van der Waals surface area contributed by atoms with Gasteiger partial charge in [0.05, 0.1) is 22.8 Å². The minimum absolute atomic E-state index is 0.0626. The van der Waals surface area contributed by atoms with Crippen molar-refractivity contribution in [3.05, 3.63) is 50.4 Å². The van der Waals surface area contributed by atoms with Gasteiger partial charge in [-0.05, 0) is 12.5 Å². The highest BCUT2D eigenvalue weighted by Crippen LogP contribution is 2.33. The van der Waals surface area contributed by atoms with Crippen molar-refractivity contribution in [2.45, 2.75) is 24.5 Å². The molecule has 3 aromatic rings. The van der Waals surface area contributed by atoms with Crippen LogP contribution in [0.25, 0.3) is 11.0 Å². The van der Waals surface area contributed by atoms with Gasteiger partial charge in [-0.3, -0.25) is 29.4 Å². The number of aromatic nitrogens is 4. The summed E-state index contributed by atoms with van der Waals surface area (Å²) in [4.78, 5) is 39.9. The van der Waals surface area contributed by atoms with Crippen LogP contribution in [0.2, 0.25) is 0 Å². The van der Waals surface area contributed by atoms with Gasteiger partial charge in [0.15, 0.2) is 10.8 Å². The Labute approximate surface area is 156 Å². The molecule has 2 aromatic heterocycles. The highest BCUT2D eigenvalue weighted by Gasteiger charge is 2.29. The predicted octanol–water partition coefficient (Wildman–Crippen LogP) is 2.01. The molecule has 1 amide bonds. The van der Waals surface area contributed by atoms with Crippen LogP contribution < -0.4 is 10.9 Å². The van der Waals surface area contributed by atoms with Gasteiger partial charge in [0.25, 0.3) is 11.2 Å². The summed E-state index contributed by atoms with van der Waals surface area (Å²) in [6, 6.07) is 3.95. The van der Waals surface area contributed by atoms with E-state index in [0.29, 0.717) is 33.2 Å². The molecule has 27 heavy (non-hydrogen) atoms. The summed E-state index contributed by atoms with van der Waals surface area (Å²) >= 11 is 1.40. The predicted molar refractivity (Wildman–Crippen MR) is 99.0 cm³/mol. The van der Waals surface area contributed by atoms with Crippen LogP contribution in [0.1, 0.15) is 18.0 Å². The van der Waals surface area contributed by atoms with Crippen molar-refractivity contribution in [3.8, 4) is 0 Å². The van der Waals surface area contributed by atoms with E-state index < -0.39 is 4.92 Å². The Morgan fingerprint density at radius 2 is 2.33 bits per heavy atom. The molecular formula is C16H14N6O4S. The number of aromatic amines is 1. The molecule has 1 atom stereocenters. The molecule has 2 N–H and O–H groups in total. The summed E-state index contributed by atoms with van der Waals surface area (Å²) in [5.74, 6) is 0.222. The summed E-state index contributed by atoms with van der Waals surface area (Å²) in [5.41, 5.74) is 1.19. The third-order valence-electron chi connectivity index (χ3n) is 4.38. The number of nitro benzene ring substituents is 1. The lowest BCUT2D eigenvalue weighted by molar-refractivity contribution is -0.384. The Morgan fingerprint density at radius 3 is 3.11 bits per heavy atom. The van der Waals surface area contributed by atoms with Crippen molar-refractivity contribution >= 4 is 40.1 Å². The van der Waals surface area contributed by atoms with Crippen LogP contribution in [-0.4, -0.2) is 36.3 Å². The number of nitrogens with zero attached hydrogens (tertiary/aromatic N) is 4. The number of hydrogen-bond acceptors (Lipinski definition) is 7. The van der Waals surface area contributed by atoms with Gasteiger partial charge in [-0.2, -0.15) is 5.10 Å². The Hall–Kier alpha value is -3.21. The van der Waals surface area contributed by atoms with Crippen LogP contribution in [0.5, 0.6) is 0 Å². The minimum atomic E-state index is -0.514. The van der Waals surface area contributed by atoms with E-state index in [1.807, 2.05) is 0 Å². The zero-order valence-electron chi connectivity index (χ0n) is 14.1. The number of H-pyrrole nitrogens is 1. The first kappa shape index (κ1) is 17.2. The van der Waals surface area contributed by atoms with E-state index in [4.69, 9.17) is 0 Å². The molecule has 11 heteroatoms. The maximum Gasteiger partial charge on any atom is 0.271 e. The third-order valence-corrected chi connectivity index (χ3v) is 5.48. The summed E-state index contributed by atoms with van der Waals surface area (Å²) in [6.07, 6.45) is 1.48. The van der Waals surface area contributed by atoms with E-state index in [0.717, 1.165) is 0 Å². The molecule has 1 aromatic carbocycles. The summed E-state index contributed by atoms with van der Waals surface area (Å²) in [7, 11) is 0. The number of carbonyl (C=O) groups is 1. The zero-order chi connectivity index (χ0) is 19.1. The fraction of sp³-hybridized carbons (Fsp3) is 0.250. The van der Waals surface area contributed by atoms with Crippen LogP contribution in [0.15, 0.2) is 34.3 Å². The first-order valence-corrected chi connectivity index (χ1v) is 9.06. The molecule has 3 heterocycles. The Balaban J connectivity index is 1.57. The summed E-state index contributed by atoms with van der Waals surface area (Å²) < 4.78 is 1.52. The van der Waals surface area contributed by atoms with E-state index in [9.17, 15) is 19.7 Å². The quantitative estimate of drug-likeness (QED) is 0.398. The number of carbonyl (C=O) groups excluding carboxylic acids is 1. The summed E-state index contributed by atoms with van der Waals surface area (Å²) in [5, 5.41) is 21.1. The Kier molecular flexibility index (Phi) is 4.15. The van der Waals surface area contributed by atoms with Crippen molar-refractivity contribution in [1.29, 1.82) is 0 Å². The highest BCUT2D eigenvalue weighted by atomic mass is 32.2. The number of non-ortho nitro benzene ring substituents is 1. The number of aryl methyl sites for hydroxylation is 1. The number of thioether (sulfide) groups is 1. The topological polar surface area (TPSA) is 136 Å². The molecular weight excluding hydrogens is 372 g/mol. The average Bonchev–Trinajstić information content (AvgIpc) is 3.24. The van der Waals surface area contributed by atoms with Gasteiger partial charge in [-0.15, -0.1) is 0 Å². The number of rotatable bonds is 4. The molecule has 0 aliphatic carbocycles. The Morgan fingerprint density at radius 1 is 1.52 bits per heavy atom.